The van der Waals surface area contributed by atoms with Gasteiger partial charge in [0, 0.05) is 10.9 Å². The fraction of sp³-hybridized carbons (Fsp3) is 0.0588. The molecule has 0 aliphatic rings. The molecule has 0 aliphatic carbocycles. The largest absolute Gasteiger partial charge is 0.354 e. The first kappa shape index (κ1) is 28.5. The summed E-state index contributed by atoms with van der Waals surface area (Å²) in [6, 6.07) is 33.7. The lowest BCUT2D eigenvalue weighted by Gasteiger charge is -2.34. The van der Waals surface area contributed by atoms with Gasteiger partial charge in [0.05, 0.1) is 21.4 Å². The smallest absolute Gasteiger partial charge is 0.328 e. The van der Waals surface area contributed by atoms with E-state index < -0.39 is 45.5 Å². The molecule has 0 aliphatic heterocycles. The normalized spacial score (nSPS) is 13.2. The number of rotatable bonds is 8. The van der Waals surface area contributed by atoms with Crippen molar-refractivity contribution in [3.63, 3.8) is 0 Å². The summed E-state index contributed by atoms with van der Waals surface area (Å²) >= 11 is 0. The highest BCUT2D eigenvalue weighted by Crippen LogP contribution is 2.53. The minimum Gasteiger partial charge on any atom is -0.354 e. The monoisotopic (exact) mass is 613 g/mol. The van der Waals surface area contributed by atoms with Crippen molar-refractivity contribution in [1.29, 1.82) is 0 Å². The number of alkyl halides is 1. The number of hydrogen-bond acceptors (Lipinski definition) is 4. The third-order valence-corrected chi connectivity index (χ3v) is 12.5. The van der Waals surface area contributed by atoms with Gasteiger partial charge in [-0.3, -0.25) is 0 Å². The number of benzene rings is 5. The van der Waals surface area contributed by atoms with Gasteiger partial charge in [0.25, 0.3) is 0 Å². The molecule has 6 rings (SSSR count). The maximum Gasteiger partial charge on any atom is 0.328 e. The Morgan fingerprint density at radius 3 is 1.58 bits per heavy atom. The lowest BCUT2D eigenvalue weighted by molar-refractivity contribution is 0.328. The highest BCUT2D eigenvalue weighted by molar-refractivity contribution is 8.10. The van der Waals surface area contributed by atoms with E-state index in [1.165, 1.54) is 60.7 Å². The number of aromatic nitrogens is 1. The Bertz CT molecular complexity index is 2050. The standard InChI is InChI=1S/C34H25F2NO4S2/c35-26-22-20-24(21-23-26)32(31-29-18-10-11-19-30(29)37-33(31)25-12-4-1-5-13-25)34(36,42(38,39)27-14-6-2-7-15-27)43(40,41)28-16-8-3-9-17-28/h1-23,32,37H/t32-/m1/s1. The average molecular weight is 614 g/mol. The number of halogens is 2. The molecule has 6 aromatic rings. The van der Waals surface area contributed by atoms with Crippen LogP contribution in [0.15, 0.2) is 149 Å². The molecule has 0 fully saturated rings. The maximum absolute atomic E-state index is 18.7. The van der Waals surface area contributed by atoms with Crippen LogP contribution in [0, 0.1) is 5.82 Å². The fourth-order valence-electron chi connectivity index (χ4n) is 5.46. The van der Waals surface area contributed by atoms with Crippen LogP contribution >= 0.6 is 0 Å². The Morgan fingerprint density at radius 2 is 1.05 bits per heavy atom. The van der Waals surface area contributed by atoms with Crippen molar-refractivity contribution in [2.24, 2.45) is 0 Å². The quantitative estimate of drug-likeness (QED) is 0.191. The van der Waals surface area contributed by atoms with E-state index in [-0.39, 0.29) is 11.1 Å². The number of para-hydroxylation sites is 1. The molecule has 0 unspecified atom stereocenters. The van der Waals surface area contributed by atoms with E-state index in [0.29, 0.717) is 22.2 Å². The molecule has 5 aromatic carbocycles. The van der Waals surface area contributed by atoms with Crippen molar-refractivity contribution < 1.29 is 25.6 Å². The molecular formula is C34H25F2NO4S2. The summed E-state index contributed by atoms with van der Waals surface area (Å²) in [6.45, 7) is 0. The van der Waals surface area contributed by atoms with Crippen molar-refractivity contribution in [2.75, 3.05) is 0 Å². The molecule has 0 spiro atoms. The van der Waals surface area contributed by atoms with Crippen LogP contribution in [0.25, 0.3) is 22.2 Å². The molecule has 9 heteroatoms. The van der Waals surface area contributed by atoms with Crippen LogP contribution in [0.5, 0.6) is 0 Å². The van der Waals surface area contributed by atoms with Gasteiger partial charge in [0.1, 0.15) is 5.82 Å². The molecule has 1 heterocycles. The number of hydrogen-bond donors (Lipinski definition) is 1. The van der Waals surface area contributed by atoms with Gasteiger partial charge in [0.2, 0.25) is 19.7 Å². The predicted octanol–water partition coefficient (Wildman–Crippen LogP) is 7.68. The molecule has 0 radical (unpaired) electrons. The van der Waals surface area contributed by atoms with Gasteiger partial charge in [-0.1, -0.05) is 97.1 Å². The van der Waals surface area contributed by atoms with E-state index in [1.807, 2.05) is 0 Å². The third-order valence-electron chi connectivity index (χ3n) is 7.49. The Labute approximate surface area is 248 Å². The van der Waals surface area contributed by atoms with Crippen molar-refractivity contribution >= 4 is 30.6 Å². The minimum atomic E-state index is -5.32. The first-order valence-corrected chi connectivity index (χ1v) is 16.3. The van der Waals surface area contributed by atoms with E-state index in [9.17, 15) is 21.2 Å². The van der Waals surface area contributed by atoms with Crippen LogP contribution in [0.3, 0.4) is 0 Å². The van der Waals surface area contributed by atoms with Gasteiger partial charge < -0.3 is 4.98 Å². The predicted molar refractivity (Wildman–Crippen MR) is 163 cm³/mol. The van der Waals surface area contributed by atoms with Crippen LogP contribution < -0.4 is 0 Å². The zero-order valence-electron chi connectivity index (χ0n) is 22.6. The van der Waals surface area contributed by atoms with E-state index in [2.05, 4.69) is 4.98 Å². The third kappa shape index (κ3) is 4.65. The summed E-state index contributed by atoms with van der Waals surface area (Å²) < 4.78 is 87.3. The molecule has 1 atom stereocenters. The number of aromatic amines is 1. The maximum atomic E-state index is 18.7. The molecule has 0 bridgehead atoms. The van der Waals surface area contributed by atoms with Crippen LogP contribution in [-0.4, -0.2) is 26.2 Å². The van der Waals surface area contributed by atoms with Crippen LogP contribution in [0.2, 0.25) is 0 Å². The van der Waals surface area contributed by atoms with E-state index in [4.69, 9.17) is 0 Å². The van der Waals surface area contributed by atoms with Crippen LogP contribution in [-0.2, 0) is 19.7 Å². The first-order chi connectivity index (χ1) is 20.7. The van der Waals surface area contributed by atoms with Gasteiger partial charge in [-0.2, -0.15) is 0 Å². The topological polar surface area (TPSA) is 84.1 Å². The van der Waals surface area contributed by atoms with Gasteiger partial charge in [-0.25, -0.2) is 25.6 Å². The van der Waals surface area contributed by atoms with Crippen LogP contribution in [0.4, 0.5) is 8.78 Å². The summed E-state index contributed by atoms with van der Waals surface area (Å²) in [5.74, 6) is -2.61. The molecule has 43 heavy (non-hydrogen) atoms. The second kappa shape index (κ2) is 10.9. The number of H-pyrrole nitrogens is 1. The summed E-state index contributed by atoms with van der Waals surface area (Å²) in [6.07, 6.45) is 0. The van der Waals surface area contributed by atoms with Gasteiger partial charge >= 0.3 is 4.33 Å². The highest BCUT2D eigenvalue weighted by Gasteiger charge is 2.64. The summed E-state index contributed by atoms with van der Waals surface area (Å²) in [5.41, 5.74) is 1.53. The second-order valence-corrected chi connectivity index (χ2v) is 14.4. The van der Waals surface area contributed by atoms with Crippen molar-refractivity contribution in [2.45, 2.75) is 20.0 Å². The molecule has 0 saturated heterocycles. The van der Waals surface area contributed by atoms with E-state index >= 15 is 4.39 Å². The van der Waals surface area contributed by atoms with Crippen molar-refractivity contribution in [1.82, 2.24) is 4.98 Å². The van der Waals surface area contributed by atoms with Gasteiger partial charge in [-0.05, 0) is 59.2 Å². The Morgan fingerprint density at radius 1 is 0.581 bits per heavy atom. The highest BCUT2D eigenvalue weighted by atomic mass is 32.3. The zero-order valence-corrected chi connectivity index (χ0v) is 24.2. The Kier molecular flexibility index (Phi) is 7.23. The Hall–Kier alpha value is -4.60. The fourth-order valence-corrected chi connectivity index (χ4v) is 10.00. The molecule has 1 N–H and O–H groups in total. The molecule has 0 amide bonds. The molecule has 216 valence electrons. The van der Waals surface area contributed by atoms with Gasteiger partial charge in [0.15, 0.2) is 0 Å². The second-order valence-electron chi connectivity index (χ2n) is 10.0. The summed E-state index contributed by atoms with van der Waals surface area (Å²) in [4.78, 5) is 2.25. The molecule has 5 nitrogen and oxygen atoms in total. The Balaban J connectivity index is 1.80. The van der Waals surface area contributed by atoms with E-state index in [0.717, 1.165) is 12.1 Å². The zero-order chi connectivity index (χ0) is 30.2. The molecule has 0 saturated carbocycles. The molecule has 1 aromatic heterocycles. The molecular weight excluding hydrogens is 589 g/mol. The number of nitrogens with one attached hydrogen (secondary N) is 1. The van der Waals surface area contributed by atoms with Crippen molar-refractivity contribution in [3.05, 3.63) is 156 Å². The lowest BCUT2D eigenvalue weighted by atomic mass is 9.88. The first-order valence-electron chi connectivity index (χ1n) is 13.4. The summed E-state index contributed by atoms with van der Waals surface area (Å²) in [5, 5.41) is 0.421. The summed E-state index contributed by atoms with van der Waals surface area (Å²) in [7, 11) is -10.6. The number of fused-ring (bicyclic) bond motifs is 1. The van der Waals surface area contributed by atoms with Gasteiger partial charge in [-0.15, -0.1) is 0 Å². The lowest BCUT2D eigenvalue weighted by Crippen LogP contribution is -2.48. The van der Waals surface area contributed by atoms with Crippen molar-refractivity contribution in [3.8, 4) is 11.3 Å². The minimum absolute atomic E-state index is 0.0372. The van der Waals surface area contributed by atoms with Crippen LogP contribution in [0.1, 0.15) is 17.0 Å². The average Bonchev–Trinajstić information content (AvgIpc) is 3.42. The SMILES string of the molecule is O=S(=O)(c1ccccc1)C(F)([C@H](c1ccc(F)cc1)c1c(-c2ccccc2)[nH]c2ccccc12)S(=O)(=O)c1ccccc1. The number of sulfone groups is 2. The van der Waals surface area contributed by atoms with E-state index in [1.54, 1.807) is 66.7 Å².